The Balaban J connectivity index is 0.000000188. The molecule has 5 heterocycles. The van der Waals surface area contributed by atoms with Crippen molar-refractivity contribution in [2.75, 3.05) is 0 Å². The molecule has 0 atom stereocenters. The second-order valence-electron chi connectivity index (χ2n) is 19.4. The minimum absolute atomic E-state index is 0. The standard InChI is InChI=1S/C23H23BNO2.C17H11BrN.C12H24B2O4.2Ir/c1-22(2)23(3,4)27-24(26-22)20-14-15-21(25-16-20)19-12-10-18(11-13-19)17-8-6-5-7-9-17;18-16-10-11-17(19-12-16)15-8-6-14(7-9-15)13-4-2-1-3-5-13;1-9(2)10(3,4)16-13(15-9)14-17-11(5,6)12(7,8)18-14;;/h5-12,14-16H,1-4H3;1-8,10-12H;1-8H3;;/q2*-1;;;. The molecular weight excluding hydrogens is 1250 g/mol. The first-order valence-corrected chi connectivity index (χ1v) is 22.7. The first-order valence-electron chi connectivity index (χ1n) is 21.9. The summed E-state index contributed by atoms with van der Waals surface area (Å²) in [7, 11) is -1.34. The van der Waals surface area contributed by atoms with Crippen LogP contribution in [0.25, 0.3) is 44.8 Å². The summed E-state index contributed by atoms with van der Waals surface area (Å²) in [6.45, 7) is 24.4. The predicted molar refractivity (Wildman–Crippen MR) is 263 cm³/mol. The van der Waals surface area contributed by atoms with Crippen LogP contribution in [0.2, 0.25) is 0 Å². The molecule has 2 aromatic heterocycles. The fourth-order valence-corrected chi connectivity index (χ4v) is 7.24. The van der Waals surface area contributed by atoms with Gasteiger partial charge < -0.3 is 37.9 Å². The zero-order valence-corrected chi connectivity index (χ0v) is 46.2. The zero-order valence-electron chi connectivity index (χ0n) is 39.8. The topological polar surface area (TPSA) is 81.2 Å². The summed E-state index contributed by atoms with van der Waals surface area (Å²) in [6, 6.07) is 47.5. The molecular formula is C52H58B3BrIr2N2O6-2. The summed E-state index contributed by atoms with van der Waals surface area (Å²) in [6.07, 6.45) is 3.63. The Morgan fingerprint density at radius 3 is 1.09 bits per heavy atom. The number of pyridine rings is 2. The fourth-order valence-electron chi connectivity index (χ4n) is 7.01. The number of hydrogen-bond acceptors (Lipinski definition) is 8. The second-order valence-corrected chi connectivity index (χ2v) is 20.3. The van der Waals surface area contributed by atoms with Crippen molar-refractivity contribution in [3.63, 3.8) is 0 Å². The smallest absolute Gasteiger partial charge is 0.405 e. The summed E-state index contributed by atoms with van der Waals surface area (Å²) in [5.74, 6) is 0. The second kappa shape index (κ2) is 21.3. The Kier molecular flexibility index (Phi) is 17.4. The molecule has 0 unspecified atom stereocenters. The largest absolute Gasteiger partial charge is 0.496 e. The van der Waals surface area contributed by atoms with Crippen LogP contribution in [-0.2, 0) is 68.1 Å². The molecule has 9 rings (SSSR count). The molecule has 0 bridgehead atoms. The van der Waals surface area contributed by atoms with Gasteiger partial charge in [-0.1, -0.05) is 107 Å². The number of halogens is 1. The van der Waals surface area contributed by atoms with Crippen LogP contribution in [0.3, 0.4) is 0 Å². The monoisotopic (exact) mass is 1300 g/mol. The van der Waals surface area contributed by atoms with Gasteiger partial charge in [0.1, 0.15) is 0 Å². The molecule has 3 aliphatic rings. The van der Waals surface area contributed by atoms with Crippen molar-refractivity contribution in [1.29, 1.82) is 0 Å². The van der Waals surface area contributed by atoms with Gasteiger partial charge in [0.15, 0.2) is 0 Å². The third-order valence-corrected chi connectivity index (χ3v) is 13.7. The molecule has 0 saturated carbocycles. The maximum atomic E-state index is 6.09. The van der Waals surface area contributed by atoms with E-state index in [1.165, 1.54) is 16.7 Å². The number of benzene rings is 4. The van der Waals surface area contributed by atoms with Gasteiger partial charge in [-0.2, -0.15) is 0 Å². The van der Waals surface area contributed by atoms with E-state index in [-0.39, 0.29) is 80.9 Å². The Morgan fingerprint density at radius 2 is 0.773 bits per heavy atom. The van der Waals surface area contributed by atoms with Crippen molar-refractivity contribution in [3.8, 4) is 44.8 Å². The minimum Gasteiger partial charge on any atom is -0.405 e. The molecule has 3 aliphatic heterocycles. The van der Waals surface area contributed by atoms with Crippen molar-refractivity contribution in [2.45, 2.75) is 117 Å². The molecule has 4 aromatic carbocycles. The van der Waals surface area contributed by atoms with Crippen LogP contribution in [0, 0.1) is 12.1 Å². The summed E-state index contributed by atoms with van der Waals surface area (Å²) in [4.78, 5) is 8.97. The van der Waals surface area contributed by atoms with E-state index in [4.69, 9.17) is 27.9 Å². The van der Waals surface area contributed by atoms with E-state index in [0.29, 0.717) is 0 Å². The average molecular weight is 1300 g/mol. The van der Waals surface area contributed by atoms with Crippen molar-refractivity contribution in [1.82, 2.24) is 9.97 Å². The molecule has 14 heteroatoms. The third kappa shape index (κ3) is 12.2. The van der Waals surface area contributed by atoms with Gasteiger partial charge >= 0.3 is 21.1 Å². The van der Waals surface area contributed by atoms with E-state index in [1.54, 1.807) is 6.20 Å². The Hall–Kier alpha value is -3.09. The van der Waals surface area contributed by atoms with Crippen LogP contribution in [0.4, 0.5) is 0 Å². The zero-order chi connectivity index (χ0) is 46.1. The van der Waals surface area contributed by atoms with Crippen molar-refractivity contribution < 1.29 is 68.1 Å². The first-order chi connectivity index (χ1) is 30.1. The van der Waals surface area contributed by atoms with Gasteiger partial charge in [-0.05, 0) is 116 Å². The summed E-state index contributed by atoms with van der Waals surface area (Å²) >= 11 is 3.39. The maximum absolute atomic E-state index is 6.09. The van der Waals surface area contributed by atoms with E-state index in [9.17, 15) is 0 Å². The summed E-state index contributed by atoms with van der Waals surface area (Å²) in [5, 5.41) is 0. The third-order valence-electron chi connectivity index (χ3n) is 13.2. The molecule has 8 nitrogen and oxygen atoms in total. The molecule has 6 aromatic rings. The van der Waals surface area contributed by atoms with E-state index < -0.39 is 14.0 Å². The number of rotatable bonds is 6. The summed E-state index contributed by atoms with van der Waals surface area (Å²) < 4.78 is 37.0. The van der Waals surface area contributed by atoms with Gasteiger partial charge in [0, 0.05) is 57.1 Å². The summed E-state index contributed by atoms with van der Waals surface area (Å²) in [5.41, 5.74) is 7.28. The molecule has 0 amide bonds. The van der Waals surface area contributed by atoms with Crippen LogP contribution in [-0.4, -0.2) is 64.7 Å². The van der Waals surface area contributed by atoms with Crippen LogP contribution in [0.15, 0.2) is 138 Å². The average Bonchev–Trinajstić information content (AvgIpc) is 3.74. The quantitative estimate of drug-likeness (QED) is 0.121. The van der Waals surface area contributed by atoms with Crippen molar-refractivity contribution >= 4 is 42.5 Å². The number of aromatic nitrogens is 2. The Bertz CT molecular complexity index is 2400. The molecule has 0 spiro atoms. The molecule has 0 N–H and O–H groups in total. The van der Waals surface area contributed by atoms with Gasteiger partial charge in [0.2, 0.25) is 0 Å². The normalized spacial score (nSPS) is 19.0. The van der Waals surface area contributed by atoms with Gasteiger partial charge in [-0.25, -0.2) is 0 Å². The molecule has 2 radical (unpaired) electrons. The maximum Gasteiger partial charge on any atom is 0.496 e. The van der Waals surface area contributed by atoms with E-state index in [2.05, 4.69) is 114 Å². The molecule has 66 heavy (non-hydrogen) atoms. The SMILES string of the molecule is Brc1ccc(-c2[c-]cc(-c3ccccc3)cc2)nc1.CC1(C)OB(B2OC(C)(C)C(C)(C)O2)OC1(C)C.CC1(C)OB(c2ccc(-c3[c-]cc(-c4ccccc4)cc3)nc2)OC1(C)C.[Ir].[Ir]. The molecule has 348 valence electrons. The van der Waals surface area contributed by atoms with E-state index in [0.717, 1.165) is 38.0 Å². The van der Waals surface area contributed by atoms with Gasteiger partial charge in [0.25, 0.3) is 0 Å². The molecule has 3 saturated heterocycles. The van der Waals surface area contributed by atoms with Gasteiger partial charge in [0.05, 0.1) is 33.6 Å². The van der Waals surface area contributed by atoms with E-state index in [1.807, 2.05) is 134 Å². The van der Waals surface area contributed by atoms with Crippen LogP contribution >= 0.6 is 15.9 Å². The predicted octanol–water partition coefficient (Wildman–Crippen LogP) is 11.7. The molecule has 0 aliphatic carbocycles. The minimum atomic E-state index is -0.476. The number of hydrogen-bond donors (Lipinski definition) is 0. The van der Waals surface area contributed by atoms with Crippen molar-refractivity contribution in [2.24, 2.45) is 0 Å². The van der Waals surface area contributed by atoms with E-state index >= 15 is 0 Å². The van der Waals surface area contributed by atoms with Crippen LogP contribution in [0.5, 0.6) is 0 Å². The number of nitrogens with zero attached hydrogens (tertiary/aromatic N) is 2. The van der Waals surface area contributed by atoms with Crippen LogP contribution < -0.4 is 5.46 Å². The fraction of sp³-hybridized carbons (Fsp3) is 0.346. The first kappa shape index (κ1) is 53.9. The molecule has 3 fully saturated rings. The Labute approximate surface area is 429 Å². The van der Waals surface area contributed by atoms with Crippen LogP contribution in [0.1, 0.15) is 83.1 Å². The van der Waals surface area contributed by atoms with Gasteiger partial charge in [-0.3, -0.25) is 0 Å². The Morgan fingerprint density at radius 1 is 0.409 bits per heavy atom. The van der Waals surface area contributed by atoms with Gasteiger partial charge in [-0.15, -0.1) is 59.7 Å². The van der Waals surface area contributed by atoms with Crippen molar-refractivity contribution in [3.05, 3.63) is 150 Å².